The van der Waals surface area contributed by atoms with Gasteiger partial charge in [-0.3, -0.25) is 4.79 Å². The average molecular weight is 255 g/mol. The van der Waals surface area contributed by atoms with E-state index in [0.717, 1.165) is 11.6 Å². The van der Waals surface area contributed by atoms with Crippen molar-refractivity contribution in [2.45, 2.75) is 61.8 Å². The van der Waals surface area contributed by atoms with Crippen LogP contribution in [0.2, 0.25) is 0 Å². The molecule has 18 heavy (non-hydrogen) atoms. The van der Waals surface area contributed by atoms with Gasteiger partial charge in [-0.2, -0.15) is 0 Å². The largest absolute Gasteiger partial charge is 0.327 e. The minimum absolute atomic E-state index is 0. The molecule has 1 fully saturated rings. The van der Waals surface area contributed by atoms with Gasteiger partial charge < -0.3 is 5.32 Å². The maximum atomic E-state index is 10.8. The SMILES string of the molecule is CC.CC.CC.CC(=O)NC1=CC2CC2C(C)=C1.[HH]. The van der Waals surface area contributed by atoms with Crippen LogP contribution in [0.15, 0.2) is 23.4 Å². The van der Waals surface area contributed by atoms with E-state index in [1.807, 2.05) is 41.5 Å². The van der Waals surface area contributed by atoms with Crippen LogP contribution in [0, 0.1) is 11.8 Å². The molecule has 0 aromatic carbocycles. The third-order valence-electron chi connectivity index (χ3n) is 2.52. The Morgan fingerprint density at radius 3 is 2.11 bits per heavy atom. The van der Waals surface area contributed by atoms with E-state index in [-0.39, 0.29) is 7.33 Å². The summed E-state index contributed by atoms with van der Waals surface area (Å²) in [6.07, 6.45) is 5.51. The van der Waals surface area contributed by atoms with E-state index in [1.165, 1.54) is 12.0 Å². The molecule has 2 heteroatoms. The topological polar surface area (TPSA) is 29.1 Å². The van der Waals surface area contributed by atoms with Crippen LogP contribution in [0.4, 0.5) is 0 Å². The first-order valence-electron chi connectivity index (χ1n) is 7.34. The predicted molar refractivity (Wildman–Crippen MR) is 83.4 cm³/mol. The zero-order valence-electron chi connectivity index (χ0n) is 13.4. The highest BCUT2D eigenvalue weighted by Gasteiger charge is 2.38. The molecular formula is C16H33NO. The predicted octanol–water partition coefficient (Wildman–Crippen LogP) is 4.93. The van der Waals surface area contributed by atoms with E-state index >= 15 is 0 Å². The lowest BCUT2D eigenvalue weighted by Crippen LogP contribution is -2.19. The van der Waals surface area contributed by atoms with Gasteiger partial charge in [0.05, 0.1) is 0 Å². The number of rotatable bonds is 1. The maximum Gasteiger partial charge on any atom is 0.221 e. The van der Waals surface area contributed by atoms with Crippen molar-refractivity contribution in [2.24, 2.45) is 11.8 Å². The van der Waals surface area contributed by atoms with Gasteiger partial charge in [0, 0.05) is 14.0 Å². The number of nitrogens with one attached hydrogen (secondary N) is 1. The van der Waals surface area contributed by atoms with Crippen LogP contribution in [0.3, 0.4) is 0 Å². The highest BCUT2D eigenvalue weighted by Crippen LogP contribution is 2.48. The lowest BCUT2D eigenvalue weighted by atomic mass is 10.0. The van der Waals surface area contributed by atoms with Crippen LogP contribution < -0.4 is 5.32 Å². The molecule has 2 unspecified atom stereocenters. The van der Waals surface area contributed by atoms with Gasteiger partial charge in [-0.1, -0.05) is 53.2 Å². The van der Waals surface area contributed by atoms with Crippen LogP contribution in [0.1, 0.15) is 63.2 Å². The molecule has 1 N–H and O–H groups in total. The molecule has 1 amide bonds. The minimum Gasteiger partial charge on any atom is -0.327 e. The number of carbonyl (C=O) groups is 1. The van der Waals surface area contributed by atoms with Crippen molar-refractivity contribution in [3.63, 3.8) is 0 Å². The maximum absolute atomic E-state index is 10.8. The van der Waals surface area contributed by atoms with Gasteiger partial charge in [0.25, 0.3) is 0 Å². The molecule has 108 valence electrons. The molecule has 0 aromatic heterocycles. The molecule has 2 aliphatic carbocycles. The normalized spacial score (nSPS) is 22.0. The fraction of sp³-hybridized carbons (Fsp3) is 0.688. The summed E-state index contributed by atoms with van der Waals surface area (Å²) in [5, 5.41) is 2.82. The van der Waals surface area contributed by atoms with E-state index in [4.69, 9.17) is 0 Å². The molecule has 0 bridgehead atoms. The summed E-state index contributed by atoms with van der Waals surface area (Å²) in [5.74, 6) is 1.50. The number of allylic oxidation sites excluding steroid dienone is 3. The summed E-state index contributed by atoms with van der Waals surface area (Å²) >= 11 is 0. The molecule has 2 aliphatic rings. The van der Waals surface area contributed by atoms with Crippen LogP contribution in [0.5, 0.6) is 0 Å². The second-order valence-corrected chi connectivity index (χ2v) is 3.70. The third kappa shape index (κ3) is 6.63. The van der Waals surface area contributed by atoms with Crippen molar-refractivity contribution in [3.8, 4) is 0 Å². The standard InChI is InChI=1S/C10H13NO.3C2H6.H2/c1-6-3-9(11-7(2)12)4-8-5-10(6)8;3*1-2;/h3-4,8,10H,5H2,1-2H3,(H,11,12);3*1-2H3;1H. The Kier molecular flexibility index (Phi) is 11.9. The average Bonchev–Trinajstić information content (AvgIpc) is 3.16. The molecule has 0 saturated heterocycles. The number of amides is 1. The van der Waals surface area contributed by atoms with Gasteiger partial charge in [0.1, 0.15) is 0 Å². The Balaban J connectivity index is -0.000000325. The molecule has 0 radical (unpaired) electrons. The Hall–Kier alpha value is -1.05. The summed E-state index contributed by atoms with van der Waals surface area (Å²) in [4.78, 5) is 10.8. The van der Waals surface area contributed by atoms with Crippen molar-refractivity contribution in [1.29, 1.82) is 0 Å². The molecule has 2 nitrogen and oxygen atoms in total. The number of carbonyl (C=O) groups excluding carboxylic acids is 1. The van der Waals surface area contributed by atoms with Crippen LogP contribution in [0.25, 0.3) is 0 Å². The number of fused-ring (bicyclic) bond motifs is 1. The molecular weight excluding hydrogens is 222 g/mol. The van der Waals surface area contributed by atoms with Crippen molar-refractivity contribution in [2.75, 3.05) is 0 Å². The van der Waals surface area contributed by atoms with Crippen molar-refractivity contribution < 1.29 is 6.22 Å². The fourth-order valence-electron chi connectivity index (χ4n) is 1.83. The minimum atomic E-state index is 0. The van der Waals surface area contributed by atoms with Crippen LogP contribution in [-0.4, -0.2) is 5.91 Å². The summed E-state index contributed by atoms with van der Waals surface area (Å²) in [5.41, 5.74) is 2.39. The van der Waals surface area contributed by atoms with Gasteiger partial charge in [-0.25, -0.2) is 0 Å². The quantitative estimate of drug-likeness (QED) is 0.707. The van der Waals surface area contributed by atoms with E-state index in [9.17, 15) is 4.79 Å². The second kappa shape index (κ2) is 11.1. The summed E-state index contributed by atoms with van der Waals surface area (Å²) in [7, 11) is 0. The van der Waals surface area contributed by atoms with Crippen LogP contribution in [-0.2, 0) is 4.79 Å². The highest BCUT2D eigenvalue weighted by atomic mass is 16.1. The van der Waals surface area contributed by atoms with E-state index < -0.39 is 0 Å². The molecule has 0 aliphatic heterocycles. The van der Waals surface area contributed by atoms with Gasteiger partial charge in [-0.05, 0) is 31.3 Å². The summed E-state index contributed by atoms with van der Waals surface area (Å²) in [6.45, 7) is 15.7. The Morgan fingerprint density at radius 2 is 1.72 bits per heavy atom. The van der Waals surface area contributed by atoms with Crippen molar-refractivity contribution in [3.05, 3.63) is 23.4 Å². The number of hydrogen-bond donors (Lipinski definition) is 1. The van der Waals surface area contributed by atoms with Crippen molar-refractivity contribution >= 4 is 5.91 Å². The molecule has 0 spiro atoms. The highest BCUT2D eigenvalue weighted by molar-refractivity contribution is 5.75. The van der Waals surface area contributed by atoms with E-state index in [1.54, 1.807) is 6.92 Å². The zero-order chi connectivity index (χ0) is 14.7. The van der Waals surface area contributed by atoms with Gasteiger partial charge >= 0.3 is 0 Å². The van der Waals surface area contributed by atoms with Gasteiger partial charge in [0.2, 0.25) is 5.91 Å². The lowest BCUT2D eigenvalue weighted by molar-refractivity contribution is -0.118. The fourth-order valence-corrected chi connectivity index (χ4v) is 1.83. The first-order chi connectivity index (χ1) is 8.66. The Labute approximate surface area is 115 Å². The van der Waals surface area contributed by atoms with Crippen LogP contribution >= 0.6 is 0 Å². The van der Waals surface area contributed by atoms with Gasteiger partial charge in [-0.15, -0.1) is 0 Å². The molecule has 0 aromatic rings. The van der Waals surface area contributed by atoms with Gasteiger partial charge in [0.15, 0.2) is 0 Å². The Morgan fingerprint density at radius 1 is 1.22 bits per heavy atom. The van der Waals surface area contributed by atoms with E-state index in [0.29, 0.717) is 5.92 Å². The second-order valence-electron chi connectivity index (χ2n) is 3.70. The van der Waals surface area contributed by atoms with E-state index in [2.05, 4.69) is 24.4 Å². The molecule has 1 saturated carbocycles. The molecule has 0 heterocycles. The Bertz CT molecular complexity index is 295. The first-order valence-corrected chi connectivity index (χ1v) is 7.34. The first kappa shape index (κ1) is 19.3. The molecule has 2 atom stereocenters. The summed E-state index contributed by atoms with van der Waals surface area (Å²) < 4.78 is 0. The van der Waals surface area contributed by atoms with Crippen molar-refractivity contribution in [1.82, 2.24) is 5.32 Å². The molecule has 2 rings (SSSR count). The monoisotopic (exact) mass is 255 g/mol. The zero-order valence-corrected chi connectivity index (χ0v) is 13.4. The lowest BCUT2D eigenvalue weighted by Gasteiger charge is -2.09. The number of hydrogen-bond acceptors (Lipinski definition) is 1. The smallest absolute Gasteiger partial charge is 0.221 e. The third-order valence-corrected chi connectivity index (χ3v) is 2.52. The summed E-state index contributed by atoms with van der Waals surface area (Å²) in [6, 6.07) is 0.